The summed E-state index contributed by atoms with van der Waals surface area (Å²) in [5.41, 5.74) is 7.75. The van der Waals surface area contributed by atoms with Gasteiger partial charge in [-0.05, 0) is 37.1 Å². The van der Waals surface area contributed by atoms with Gasteiger partial charge in [-0.15, -0.1) is 23.5 Å². The Morgan fingerprint density at radius 3 is 2.50 bits per heavy atom. The summed E-state index contributed by atoms with van der Waals surface area (Å²) in [7, 11) is 0. The molecule has 0 bridgehead atoms. The number of aromatic nitrogens is 2. The van der Waals surface area contributed by atoms with Crippen LogP contribution < -0.4 is 5.73 Å². The van der Waals surface area contributed by atoms with E-state index in [2.05, 4.69) is 35.5 Å². The Labute approximate surface area is 115 Å². The zero-order valence-corrected chi connectivity index (χ0v) is 12.2. The van der Waals surface area contributed by atoms with Gasteiger partial charge in [-0.3, -0.25) is 0 Å². The SMILES string of the molecule is CSc1cc(-c2noc(CN)n2)c(SC)cc1C. The van der Waals surface area contributed by atoms with Crippen LogP contribution in [0.5, 0.6) is 0 Å². The fraction of sp³-hybridized carbons (Fsp3) is 0.333. The van der Waals surface area contributed by atoms with Crippen LogP contribution in [0.2, 0.25) is 0 Å². The molecule has 1 heterocycles. The molecule has 1 aromatic carbocycles. The first kappa shape index (κ1) is 13.5. The molecule has 0 radical (unpaired) electrons. The molecule has 2 aromatic rings. The lowest BCUT2D eigenvalue weighted by Gasteiger charge is -2.09. The zero-order valence-electron chi connectivity index (χ0n) is 10.6. The zero-order chi connectivity index (χ0) is 13.1. The highest BCUT2D eigenvalue weighted by molar-refractivity contribution is 7.99. The van der Waals surface area contributed by atoms with Crippen molar-refractivity contribution in [3.05, 3.63) is 23.6 Å². The molecule has 1 aromatic heterocycles. The molecule has 2 N–H and O–H groups in total. The monoisotopic (exact) mass is 281 g/mol. The Balaban J connectivity index is 2.54. The third kappa shape index (κ3) is 2.55. The maximum atomic E-state index is 5.49. The van der Waals surface area contributed by atoms with Crippen molar-refractivity contribution in [1.82, 2.24) is 10.1 Å². The summed E-state index contributed by atoms with van der Waals surface area (Å²) < 4.78 is 5.07. The maximum Gasteiger partial charge on any atom is 0.240 e. The Kier molecular flexibility index (Phi) is 4.31. The van der Waals surface area contributed by atoms with Crippen molar-refractivity contribution in [2.75, 3.05) is 12.5 Å². The summed E-state index contributed by atoms with van der Waals surface area (Å²) in [6, 6.07) is 4.27. The van der Waals surface area contributed by atoms with Crippen molar-refractivity contribution in [2.24, 2.45) is 5.73 Å². The van der Waals surface area contributed by atoms with Crippen molar-refractivity contribution in [3.8, 4) is 11.4 Å². The van der Waals surface area contributed by atoms with Gasteiger partial charge in [-0.2, -0.15) is 4.98 Å². The topological polar surface area (TPSA) is 64.9 Å². The van der Waals surface area contributed by atoms with E-state index in [-0.39, 0.29) is 6.54 Å². The van der Waals surface area contributed by atoms with Crippen molar-refractivity contribution in [3.63, 3.8) is 0 Å². The maximum absolute atomic E-state index is 5.49. The van der Waals surface area contributed by atoms with Crippen LogP contribution in [0, 0.1) is 6.92 Å². The van der Waals surface area contributed by atoms with Gasteiger partial charge in [0.05, 0.1) is 6.54 Å². The van der Waals surface area contributed by atoms with Crippen LogP contribution in [-0.2, 0) is 6.54 Å². The van der Waals surface area contributed by atoms with Gasteiger partial charge < -0.3 is 10.3 Å². The molecule has 4 nitrogen and oxygen atoms in total. The predicted octanol–water partition coefficient (Wildman–Crippen LogP) is 2.95. The van der Waals surface area contributed by atoms with E-state index in [4.69, 9.17) is 10.3 Å². The number of thioether (sulfide) groups is 2. The van der Waals surface area contributed by atoms with Crippen LogP contribution in [0.15, 0.2) is 26.4 Å². The first-order valence-corrected chi connectivity index (χ1v) is 7.90. The van der Waals surface area contributed by atoms with Gasteiger partial charge in [0.25, 0.3) is 0 Å². The number of benzene rings is 1. The molecule has 0 fully saturated rings. The van der Waals surface area contributed by atoms with Gasteiger partial charge in [0, 0.05) is 15.4 Å². The molecule has 0 spiro atoms. The number of hydrogen-bond donors (Lipinski definition) is 1. The Morgan fingerprint density at radius 1 is 1.22 bits per heavy atom. The summed E-state index contributed by atoms with van der Waals surface area (Å²) in [4.78, 5) is 6.66. The molecular formula is C12H15N3OS2. The summed E-state index contributed by atoms with van der Waals surface area (Å²) in [6.07, 6.45) is 4.10. The van der Waals surface area contributed by atoms with E-state index in [9.17, 15) is 0 Å². The minimum atomic E-state index is 0.267. The van der Waals surface area contributed by atoms with E-state index in [0.29, 0.717) is 11.7 Å². The van der Waals surface area contributed by atoms with E-state index in [0.717, 1.165) is 10.5 Å². The highest BCUT2D eigenvalue weighted by atomic mass is 32.2. The average molecular weight is 281 g/mol. The first-order chi connectivity index (χ1) is 8.69. The molecule has 0 saturated carbocycles. The van der Waals surface area contributed by atoms with Gasteiger partial charge in [-0.1, -0.05) is 5.16 Å². The molecule has 18 heavy (non-hydrogen) atoms. The lowest BCUT2D eigenvalue weighted by Crippen LogP contribution is -1.96. The van der Waals surface area contributed by atoms with Crippen molar-refractivity contribution in [1.29, 1.82) is 0 Å². The summed E-state index contributed by atoms with van der Waals surface area (Å²) in [5, 5.41) is 3.98. The van der Waals surface area contributed by atoms with E-state index in [1.807, 2.05) is 6.26 Å². The van der Waals surface area contributed by atoms with Crippen LogP contribution in [0.3, 0.4) is 0 Å². The Morgan fingerprint density at radius 2 is 1.94 bits per heavy atom. The standard InChI is InChI=1S/C12H15N3OS2/c1-7-4-10(18-3)8(5-9(7)17-2)12-14-11(6-13)16-15-12/h4-5H,6,13H2,1-3H3. The number of nitrogens with zero attached hydrogens (tertiary/aromatic N) is 2. The minimum absolute atomic E-state index is 0.267. The first-order valence-electron chi connectivity index (χ1n) is 5.45. The largest absolute Gasteiger partial charge is 0.338 e. The van der Waals surface area contributed by atoms with Crippen LogP contribution >= 0.6 is 23.5 Å². The van der Waals surface area contributed by atoms with E-state index >= 15 is 0 Å². The molecule has 0 unspecified atom stereocenters. The Hall–Kier alpha value is -0.980. The van der Waals surface area contributed by atoms with Gasteiger partial charge in [0.15, 0.2) is 0 Å². The van der Waals surface area contributed by atoms with Crippen molar-refractivity contribution >= 4 is 23.5 Å². The quantitative estimate of drug-likeness (QED) is 0.869. The number of rotatable bonds is 4. The van der Waals surface area contributed by atoms with Crippen molar-refractivity contribution in [2.45, 2.75) is 23.3 Å². The van der Waals surface area contributed by atoms with Crippen LogP contribution in [0.1, 0.15) is 11.5 Å². The van der Waals surface area contributed by atoms with Crippen LogP contribution in [0.4, 0.5) is 0 Å². The predicted molar refractivity (Wildman–Crippen MR) is 75.9 cm³/mol. The van der Waals surface area contributed by atoms with Crippen LogP contribution in [-0.4, -0.2) is 22.7 Å². The van der Waals surface area contributed by atoms with Gasteiger partial charge >= 0.3 is 0 Å². The second-order valence-electron chi connectivity index (χ2n) is 3.74. The molecule has 0 aliphatic carbocycles. The van der Waals surface area contributed by atoms with E-state index in [1.165, 1.54) is 10.5 Å². The fourth-order valence-corrected chi connectivity index (χ4v) is 2.95. The lowest BCUT2D eigenvalue weighted by molar-refractivity contribution is 0.380. The van der Waals surface area contributed by atoms with Gasteiger partial charge in [0.1, 0.15) is 0 Å². The molecule has 0 saturated heterocycles. The molecule has 6 heteroatoms. The summed E-state index contributed by atoms with van der Waals surface area (Å²) in [5.74, 6) is 1.07. The third-order valence-corrected chi connectivity index (χ3v) is 4.26. The smallest absolute Gasteiger partial charge is 0.240 e. The van der Waals surface area contributed by atoms with E-state index < -0.39 is 0 Å². The normalized spacial score (nSPS) is 10.9. The minimum Gasteiger partial charge on any atom is -0.338 e. The second kappa shape index (κ2) is 5.77. The molecular weight excluding hydrogens is 266 g/mol. The third-order valence-electron chi connectivity index (χ3n) is 2.60. The molecule has 0 aliphatic heterocycles. The number of nitrogens with two attached hydrogens (primary N) is 1. The summed E-state index contributed by atoms with van der Waals surface area (Å²) in [6.45, 7) is 2.37. The van der Waals surface area contributed by atoms with Gasteiger partial charge in [0.2, 0.25) is 11.7 Å². The fourth-order valence-electron chi connectivity index (χ4n) is 1.67. The lowest BCUT2D eigenvalue weighted by atomic mass is 10.1. The molecule has 0 atom stereocenters. The molecule has 0 aliphatic rings. The number of aryl methyl sites for hydroxylation is 1. The van der Waals surface area contributed by atoms with E-state index in [1.54, 1.807) is 23.5 Å². The highest BCUT2D eigenvalue weighted by Crippen LogP contribution is 2.34. The molecule has 2 rings (SSSR count). The van der Waals surface area contributed by atoms with Crippen molar-refractivity contribution < 1.29 is 4.52 Å². The molecule has 0 amide bonds. The van der Waals surface area contributed by atoms with Crippen LogP contribution in [0.25, 0.3) is 11.4 Å². The second-order valence-corrected chi connectivity index (χ2v) is 5.43. The number of hydrogen-bond acceptors (Lipinski definition) is 6. The average Bonchev–Trinajstić information content (AvgIpc) is 2.87. The Bertz CT molecular complexity index is 554. The molecule has 96 valence electrons. The van der Waals surface area contributed by atoms with Gasteiger partial charge in [-0.25, -0.2) is 0 Å². The summed E-state index contributed by atoms with van der Waals surface area (Å²) >= 11 is 3.39. The highest BCUT2D eigenvalue weighted by Gasteiger charge is 2.14.